The number of rotatable bonds is 8. The van der Waals surface area contributed by atoms with Gasteiger partial charge in [-0.15, -0.1) is 0 Å². The highest BCUT2D eigenvalue weighted by Gasteiger charge is 2.30. The van der Waals surface area contributed by atoms with E-state index in [0.29, 0.717) is 22.3 Å². The molecule has 1 aliphatic heterocycles. The summed E-state index contributed by atoms with van der Waals surface area (Å²) in [6.07, 6.45) is -5.14. The molecule has 10 heteroatoms. The summed E-state index contributed by atoms with van der Waals surface area (Å²) in [5, 5.41) is 0. The molecule has 0 radical (unpaired) electrons. The van der Waals surface area contributed by atoms with Gasteiger partial charge in [0.2, 0.25) is 0 Å². The number of carbonyl (C=O) groups is 2. The van der Waals surface area contributed by atoms with Gasteiger partial charge in [0, 0.05) is 18.7 Å². The summed E-state index contributed by atoms with van der Waals surface area (Å²) in [4.78, 5) is 26.2. The number of alkyl halides is 3. The zero-order valence-corrected chi connectivity index (χ0v) is 21.2. The molecule has 0 atom stereocenters. The van der Waals surface area contributed by atoms with E-state index in [4.69, 9.17) is 14.2 Å². The summed E-state index contributed by atoms with van der Waals surface area (Å²) < 4.78 is 69.4. The fourth-order valence-corrected chi connectivity index (χ4v) is 4.41. The van der Waals surface area contributed by atoms with Gasteiger partial charge in [-0.1, -0.05) is 48.5 Å². The van der Waals surface area contributed by atoms with Gasteiger partial charge in [0.05, 0.1) is 13.0 Å². The third-order valence-electron chi connectivity index (χ3n) is 6.20. The van der Waals surface area contributed by atoms with E-state index < -0.39 is 30.7 Å². The van der Waals surface area contributed by atoms with Crippen molar-refractivity contribution in [3.63, 3.8) is 0 Å². The maximum absolute atomic E-state index is 14.8. The van der Waals surface area contributed by atoms with Crippen LogP contribution in [-0.2, 0) is 40.3 Å². The molecule has 0 bridgehead atoms. The van der Waals surface area contributed by atoms with E-state index in [1.54, 1.807) is 13.0 Å². The van der Waals surface area contributed by atoms with Crippen LogP contribution >= 0.6 is 0 Å². The molecule has 0 saturated carbocycles. The largest absolute Gasteiger partial charge is 0.483 e. The Morgan fingerprint density at radius 3 is 2.38 bits per heavy atom. The van der Waals surface area contributed by atoms with Gasteiger partial charge in [-0.25, -0.2) is 9.18 Å². The average molecular weight is 546 g/mol. The Bertz CT molecular complexity index is 1330. The highest BCUT2D eigenvalue weighted by molar-refractivity contribution is 5.78. The molecule has 1 heterocycles. The highest BCUT2D eigenvalue weighted by atomic mass is 19.4. The fraction of sp³-hybridized carbons (Fsp3) is 0.310. The first-order valence-electron chi connectivity index (χ1n) is 12.4. The zero-order chi connectivity index (χ0) is 28.0. The summed E-state index contributed by atoms with van der Waals surface area (Å²) in [5.74, 6) is -1.12. The number of halogens is 4. The van der Waals surface area contributed by atoms with Gasteiger partial charge in [0.15, 0.2) is 6.61 Å². The molecule has 3 aromatic rings. The van der Waals surface area contributed by atoms with E-state index in [9.17, 15) is 27.2 Å². The van der Waals surface area contributed by atoms with Gasteiger partial charge in [0.25, 0.3) is 0 Å². The molecule has 3 aromatic carbocycles. The first-order valence-corrected chi connectivity index (χ1v) is 12.4. The van der Waals surface area contributed by atoms with E-state index in [0.717, 1.165) is 5.56 Å². The fourth-order valence-electron chi connectivity index (χ4n) is 4.41. The molecule has 0 aliphatic carbocycles. The highest BCUT2D eigenvalue weighted by Crippen LogP contribution is 2.38. The maximum atomic E-state index is 14.8. The van der Waals surface area contributed by atoms with Gasteiger partial charge in [-0.2, -0.15) is 13.2 Å². The predicted octanol–water partition coefficient (Wildman–Crippen LogP) is 6.23. The number of ether oxygens (including phenoxy) is 3. The van der Waals surface area contributed by atoms with E-state index in [-0.39, 0.29) is 50.5 Å². The number of amides is 1. The van der Waals surface area contributed by atoms with E-state index >= 15 is 0 Å². The van der Waals surface area contributed by atoms with E-state index in [1.165, 1.54) is 29.2 Å². The molecule has 4 rings (SSSR count). The van der Waals surface area contributed by atoms with Gasteiger partial charge in [-0.05, 0) is 53.3 Å². The molecule has 0 unspecified atom stereocenters. The normalized spacial score (nSPS) is 13.0. The molecule has 1 aliphatic rings. The minimum absolute atomic E-state index is 0.000657. The second-order valence-corrected chi connectivity index (χ2v) is 8.98. The van der Waals surface area contributed by atoms with Gasteiger partial charge in [0.1, 0.15) is 18.2 Å². The lowest BCUT2D eigenvalue weighted by atomic mass is 9.90. The number of hydrogen-bond acceptors (Lipinski definition) is 5. The van der Waals surface area contributed by atoms with Crippen LogP contribution in [0, 0.1) is 5.82 Å². The first kappa shape index (κ1) is 27.9. The monoisotopic (exact) mass is 545 g/mol. The van der Waals surface area contributed by atoms with Crippen LogP contribution in [0.5, 0.6) is 5.75 Å². The van der Waals surface area contributed by atoms with Crippen LogP contribution in [-0.4, -0.2) is 42.9 Å². The first-order chi connectivity index (χ1) is 18.6. The van der Waals surface area contributed by atoms with Gasteiger partial charge < -0.3 is 19.1 Å². The topological polar surface area (TPSA) is 65.1 Å². The van der Waals surface area contributed by atoms with Crippen molar-refractivity contribution in [3.05, 3.63) is 88.7 Å². The summed E-state index contributed by atoms with van der Waals surface area (Å²) in [5.41, 5.74) is 2.74. The van der Waals surface area contributed by atoms with Crippen LogP contribution in [0.3, 0.4) is 0 Å². The van der Waals surface area contributed by atoms with Gasteiger partial charge in [-0.3, -0.25) is 4.79 Å². The number of benzene rings is 3. The number of nitrogens with zero attached hydrogens (tertiary/aromatic N) is 1. The van der Waals surface area contributed by atoms with Crippen LogP contribution in [0.15, 0.2) is 60.7 Å². The van der Waals surface area contributed by atoms with Crippen molar-refractivity contribution < 1.29 is 41.4 Å². The summed E-state index contributed by atoms with van der Waals surface area (Å²) >= 11 is 0. The smallest absolute Gasteiger partial charge is 0.422 e. The molecule has 0 aromatic heterocycles. The third kappa shape index (κ3) is 7.28. The van der Waals surface area contributed by atoms with E-state index in [2.05, 4.69) is 0 Å². The van der Waals surface area contributed by atoms with Crippen LogP contribution < -0.4 is 4.74 Å². The molecular weight excluding hydrogens is 518 g/mol. The van der Waals surface area contributed by atoms with Crippen molar-refractivity contribution >= 4 is 12.1 Å². The Balaban J connectivity index is 1.64. The van der Waals surface area contributed by atoms with Crippen LogP contribution in [0.2, 0.25) is 0 Å². The standard InChI is InChI=1S/C29H27F4NO5/c1-2-37-27(35)15-20-8-9-23(26(14-20)39-18-29(31,32)33)21-10-11-25(30)22-12-13-34(16-24(21)22)28(36)38-17-19-6-4-3-5-7-19/h3-11,14H,2,12-13,15-18H2,1H3. The minimum atomic E-state index is -4.60. The quantitative estimate of drug-likeness (QED) is 0.248. The maximum Gasteiger partial charge on any atom is 0.422 e. The summed E-state index contributed by atoms with van der Waals surface area (Å²) in [7, 11) is 0. The van der Waals surface area contributed by atoms with Crippen molar-refractivity contribution in [3.8, 4) is 16.9 Å². The van der Waals surface area contributed by atoms with Crippen molar-refractivity contribution in [2.75, 3.05) is 19.8 Å². The number of hydrogen-bond donors (Lipinski definition) is 0. The summed E-state index contributed by atoms with van der Waals surface area (Å²) in [6.45, 7) is 0.550. The van der Waals surface area contributed by atoms with Crippen LogP contribution in [0.4, 0.5) is 22.4 Å². The molecule has 0 spiro atoms. The Kier molecular flexibility index (Phi) is 8.73. The molecule has 0 N–H and O–H groups in total. The second-order valence-electron chi connectivity index (χ2n) is 8.98. The van der Waals surface area contributed by atoms with Gasteiger partial charge >= 0.3 is 18.2 Å². The molecule has 6 nitrogen and oxygen atoms in total. The van der Waals surface area contributed by atoms with Crippen LogP contribution in [0.1, 0.15) is 29.2 Å². The molecule has 0 fully saturated rings. The van der Waals surface area contributed by atoms with E-state index in [1.807, 2.05) is 30.3 Å². The van der Waals surface area contributed by atoms with Crippen molar-refractivity contribution in [1.29, 1.82) is 0 Å². The number of esters is 1. The van der Waals surface area contributed by atoms with Crippen molar-refractivity contribution in [2.45, 2.75) is 39.1 Å². The van der Waals surface area contributed by atoms with Crippen LogP contribution in [0.25, 0.3) is 11.1 Å². The SMILES string of the molecule is CCOC(=O)Cc1ccc(-c2ccc(F)c3c2CN(C(=O)OCc2ccccc2)CC3)c(OCC(F)(F)F)c1. The molecular formula is C29H27F4NO5. The average Bonchev–Trinajstić information content (AvgIpc) is 2.91. The Morgan fingerprint density at radius 1 is 0.923 bits per heavy atom. The molecule has 39 heavy (non-hydrogen) atoms. The lowest BCUT2D eigenvalue weighted by Crippen LogP contribution is -2.37. The number of carbonyl (C=O) groups excluding carboxylic acids is 2. The Hall–Kier alpha value is -4.08. The number of fused-ring (bicyclic) bond motifs is 1. The Morgan fingerprint density at radius 2 is 1.67 bits per heavy atom. The summed E-state index contributed by atoms with van der Waals surface area (Å²) in [6, 6.07) is 16.3. The molecule has 1 amide bonds. The third-order valence-corrected chi connectivity index (χ3v) is 6.20. The predicted molar refractivity (Wildman–Crippen MR) is 134 cm³/mol. The van der Waals surface area contributed by atoms with Crippen molar-refractivity contribution in [1.82, 2.24) is 4.90 Å². The Labute approximate surface area is 223 Å². The van der Waals surface area contributed by atoms with Crippen molar-refractivity contribution in [2.24, 2.45) is 0 Å². The lowest BCUT2D eigenvalue weighted by molar-refractivity contribution is -0.153. The molecule has 206 valence electrons. The minimum Gasteiger partial charge on any atom is -0.483 e. The lowest BCUT2D eigenvalue weighted by Gasteiger charge is -2.30. The second kappa shape index (κ2) is 12.2. The zero-order valence-electron chi connectivity index (χ0n) is 21.2. The molecule has 0 saturated heterocycles.